The Hall–Kier alpha value is -4.87. The zero-order valence-electron chi connectivity index (χ0n) is 24.3. The molecule has 4 N–H and O–H groups in total. The van der Waals surface area contributed by atoms with Gasteiger partial charge in [-0.05, 0) is 85.1 Å². The van der Waals surface area contributed by atoms with Crippen LogP contribution in [0.1, 0.15) is 28.8 Å². The van der Waals surface area contributed by atoms with Crippen molar-refractivity contribution in [2.75, 3.05) is 34.3 Å². The SMILES string of the molecule is CS(=O)(=O)Nc1ccc(Oc2ccc(CN3CCC(N(C(=O)Nc4cccc(C(N)=O)c4)c4ccccc4)CC3)cc2)cc1. The molecule has 1 fully saturated rings. The maximum Gasteiger partial charge on any atom is 0.326 e. The number of para-hydroxylation sites is 1. The highest BCUT2D eigenvalue weighted by Crippen LogP contribution is 2.27. The normalized spacial score (nSPS) is 14.0. The van der Waals surface area contributed by atoms with Crippen molar-refractivity contribution in [1.82, 2.24) is 4.90 Å². The van der Waals surface area contributed by atoms with E-state index in [1.165, 1.54) is 0 Å². The van der Waals surface area contributed by atoms with Crippen LogP contribution in [0.2, 0.25) is 0 Å². The van der Waals surface area contributed by atoms with Crippen LogP contribution >= 0.6 is 0 Å². The first-order valence-corrected chi connectivity index (χ1v) is 16.1. The number of likely N-dealkylation sites (tertiary alicyclic amines) is 1. The molecule has 0 atom stereocenters. The summed E-state index contributed by atoms with van der Waals surface area (Å²) in [4.78, 5) is 29.3. The Morgan fingerprint density at radius 1 is 0.864 bits per heavy atom. The molecule has 0 aliphatic carbocycles. The minimum Gasteiger partial charge on any atom is -0.457 e. The number of hydrogen-bond donors (Lipinski definition) is 3. The van der Waals surface area contributed by atoms with Crippen LogP contribution in [0, 0.1) is 0 Å². The predicted molar refractivity (Wildman–Crippen MR) is 173 cm³/mol. The van der Waals surface area contributed by atoms with Gasteiger partial charge in [-0.15, -0.1) is 0 Å². The van der Waals surface area contributed by atoms with Crippen molar-refractivity contribution in [1.29, 1.82) is 0 Å². The first-order valence-electron chi connectivity index (χ1n) is 14.2. The highest BCUT2D eigenvalue weighted by molar-refractivity contribution is 7.92. The fourth-order valence-electron chi connectivity index (χ4n) is 5.21. The smallest absolute Gasteiger partial charge is 0.326 e. The summed E-state index contributed by atoms with van der Waals surface area (Å²) in [6, 6.07) is 30.6. The molecule has 10 nitrogen and oxygen atoms in total. The quantitative estimate of drug-likeness (QED) is 0.212. The van der Waals surface area contributed by atoms with E-state index in [4.69, 9.17) is 10.5 Å². The minimum atomic E-state index is -3.33. The van der Waals surface area contributed by atoms with Crippen molar-refractivity contribution >= 4 is 39.0 Å². The van der Waals surface area contributed by atoms with Gasteiger partial charge in [0.25, 0.3) is 0 Å². The van der Waals surface area contributed by atoms with E-state index in [1.54, 1.807) is 48.5 Å². The van der Waals surface area contributed by atoms with Gasteiger partial charge < -0.3 is 15.8 Å². The van der Waals surface area contributed by atoms with Crippen molar-refractivity contribution in [2.45, 2.75) is 25.4 Å². The maximum absolute atomic E-state index is 13.5. The summed E-state index contributed by atoms with van der Waals surface area (Å²) in [5.74, 6) is 0.736. The molecule has 44 heavy (non-hydrogen) atoms. The number of carbonyl (C=O) groups is 2. The number of anilines is 3. The van der Waals surface area contributed by atoms with Crippen LogP contribution in [0.15, 0.2) is 103 Å². The van der Waals surface area contributed by atoms with Crippen LogP contribution in [0.5, 0.6) is 11.5 Å². The molecular weight excluding hydrogens is 578 g/mol. The number of piperidine rings is 1. The molecule has 0 spiro atoms. The van der Waals surface area contributed by atoms with Gasteiger partial charge in [0, 0.05) is 48.3 Å². The van der Waals surface area contributed by atoms with Crippen LogP contribution in [0.3, 0.4) is 0 Å². The number of rotatable bonds is 10. The third-order valence-corrected chi connectivity index (χ3v) is 7.90. The number of nitrogens with two attached hydrogens (primary N) is 1. The average Bonchev–Trinajstić information content (AvgIpc) is 3.00. The lowest BCUT2D eigenvalue weighted by molar-refractivity contribution is 0.1000. The third kappa shape index (κ3) is 8.36. The minimum absolute atomic E-state index is 0.00257. The average molecular weight is 614 g/mol. The molecule has 4 aromatic rings. The number of amides is 3. The second-order valence-electron chi connectivity index (χ2n) is 10.7. The van der Waals surface area contributed by atoms with Crippen LogP contribution < -0.4 is 25.4 Å². The van der Waals surface area contributed by atoms with Crippen molar-refractivity contribution < 1.29 is 22.7 Å². The number of nitrogens with zero attached hydrogens (tertiary/aromatic N) is 2. The Kier molecular flexibility index (Phi) is 9.47. The second kappa shape index (κ2) is 13.6. The zero-order chi connectivity index (χ0) is 31.1. The summed E-state index contributed by atoms with van der Waals surface area (Å²) in [5.41, 5.74) is 8.70. The molecule has 1 saturated heterocycles. The lowest BCUT2D eigenvalue weighted by Gasteiger charge is -2.38. The third-order valence-electron chi connectivity index (χ3n) is 7.30. The van der Waals surface area contributed by atoms with E-state index in [9.17, 15) is 18.0 Å². The van der Waals surface area contributed by atoms with Gasteiger partial charge in [0.05, 0.1) is 6.26 Å². The molecule has 228 valence electrons. The van der Waals surface area contributed by atoms with Crippen LogP contribution in [0.25, 0.3) is 0 Å². The molecule has 3 amide bonds. The molecule has 0 bridgehead atoms. The van der Waals surface area contributed by atoms with Gasteiger partial charge in [0.1, 0.15) is 11.5 Å². The summed E-state index contributed by atoms with van der Waals surface area (Å²) in [6.07, 6.45) is 2.71. The van der Waals surface area contributed by atoms with Crippen LogP contribution in [-0.2, 0) is 16.6 Å². The van der Waals surface area contributed by atoms with Gasteiger partial charge in [-0.25, -0.2) is 13.2 Å². The van der Waals surface area contributed by atoms with Gasteiger partial charge in [0.2, 0.25) is 15.9 Å². The first kappa shape index (κ1) is 30.6. The number of ether oxygens (including phenoxy) is 1. The van der Waals surface area contributed by atoms with E-state index in [1.807, 2.05) is 59.5 Å². The lowest BCUT2D eigenvalue weighted by atomic mass is 10.0. The van der Waals surface area contributed by atoms with E-state index in [-0.39, 0.29) is 12.1 Å². The molecule has 0 unspecified atom stereocenters. The fraction of sp³-hybridized carbons (Fsp3) is 0.212. The molecule has 0 saturated carbocycles. The number of nitrogens with one attached hydrogen (secondary N) is 2. The van der Waals surface area contributed by atoms with E-state index in [2.05, 4.69) is 14.9 Å². The van der Waals surface area contributed by atoms with Crippen molar-refractivity contribution in [3.63, 3.8) is 0 Å². The molecular formula is C33H35N5O5S. The molecule has 1 aliphatic rings. The molecule has 4 aromatic carbocycles. The van der Waals surface area contributed by atoms with Gasteiger partial charge in [-0.2, -0.15) is 0 Å². The molecule has 1 heterocycles. The number of urea groups is 1. The summed E-state index contributed by atoms with van der Waals surface area (Å²) in [5, 5.41) is 2.94. The Labute approximate surface area is 257 Å². The molecule has 0 radical (unpaired) electrons. The maximum atomic E-state index is 13.5. The van der Waals surface area contributed by atoms with Crippen molar-refractivity contribution in [2.24, 2.45) is 5.73 Å². The standard InChI is InChI=1S/C33H35N5O5S/c1-44(41,42)36-26-12-16-31(17-13-26)43-30-14-10-24(11-15-30)23-37-20-18-29(19-21-37)38(28-8-3-2-4-9-28)33(40)35-27-7-5-6-25(22-27)32(34)39/h2-17,22,29,36H,18-21,23H2,1H3,(H2,34,39)(H,35,40). The fourth-order valence-corrected chi connectivity index (χ4v) is 5.78. The molecule has 1 aliphatic heterocycles. The molecule has 5 rings (SSSR count). The van der Waals surface area contributed by atoms with E-state index in [0.29, 0.717) is 28.4 Å². The topological polar surface area (TPSA) is 134 Å². The monoisotopic (exact) mass is 613 g/mol. The number of carbonyl (C=O) groups excluding carboxylic acids is 2. The largest absolute Gasteiger partial charge is 0.457 e. The van der Waals surface area contributed by atoms with Crippen LogP contribution in [-0.4, -0.2) is 50.6 Å². The molecule has 11 heteroatoms. The number of hydrogen-bond acceptors (Lipinski definition) is 6. The first-order chi connectivity index (χ1) is 21.1. The number of sulfonamides is 1. The highest BCUT2D eigenvalue weighted by Gasteiger charge is 2.29. The number of benzene rings is 4. The predicted octanol–water partition coefficient (Wildman–Crippen LogP) is 5.65. The molecule has 0 aromatic heterocycles. The summed E-state index contributed by atoms with van der Waals surface area (Å²) < 4.78 is 31.1. The Balaban J connectivity index is 1.17. The Bertz CT molecular complexity index is 1690. The van der Waals surface area contributed by atoms with Gasteiger partial charge >= 0.3 is 6.03 Å². The van der Waals surface area contributed by atoms with Gasteiger partial charge in [-0.1, -0.05) is 36.4 Å². The van der Waals surface area contributed by atoms with Crippen molar-refractivity contribution in [3.8, 4) is 11.5 Å². The van der Waals surface area contributed by atoms with Gasteiger partial charge in [-0.3, -0.25) is 19.3 Å². The lowest BCUT2D eigenvalue weighted by Crippen LogP contribution is -2.49. The highest BCUT2D eigenvalue weighted by atomic mass is 32.2. The number of primary amides is 1. The Morgan fingerprint density at radius 2 is 1.50 bits per heavy atom. The summed E-state index contributed by atoms with van der Waals surface area (Å²) >= 11 is 0. The zero-order valence-corrected chi connectivity index (χ0v) is 25.2. The van der Waals surface area contributed by atoms with Crippen LogP contribution in [0.4, 0.5) is 21.9 Å². The van der Waals surface area contributed by atoms with E-state index >= 15 is 0 Å². The summed E-state index contributed by atoms with van der Waals surface area (Å²) in [6.45, 7) is 2.42. The van der Waals surface area contributed by atoms with E-state index in [0.717, 1.165) is 50.0 Å². The van der Waals surface area contributed by atoms with Gasteiger partial charge in [0.15, 0.2) is 0 Å². The van der Waals surface area contributed by atoms with E-state index < -0.39 is 15.9 Å². The second-order valence-corrected chi connectivity index (χ2v) is 12.5. The summed E-state index contributed by atoms with van der Waals surface area (Å²) in [7, 11) is -3.33. The Morgan fingerprint density at radius 3 is 2.11 bits per heavy atom. The van der Waals surface area contributed by atoms with Crippen molar-refractivity contribution in [3.05, 3.63) is 114 Å².